The number of imidazole rings is 1. The third-order valence-corrected chi connectivity index (χ3v) is 2.96. The summed E-state index contributed by atoms with van der Waals surface area (Å²) in [6, 6.07) is 8.88. The number of aromatic nitrogens is 4. The van der Waals surface area contributed by atoms with Gasteiger partial charge >= 0.3 is 0 Å². The van der Waals surface area contributed by atoms with E-state index in [0.29, 0.717) is 16.4 Å². The number of rotatable bonds is 2. The van der Waals surface area contributed by atoms with E-state index in [0.717, 1.165) is 11.5 Å². The molecule has 1 amide bonds. The van der Waals surface area contributed by atoms with Crippen LogP contribution in [0.3, 0.4) is 0 Å². The molecule has 0 aliphatic carbocycles. The van der Waals surface area contributed by atoms with Crippen molar-refractivity contribution >= 4 is 23.4 Å². The highest BCUT2D eigenvalue weighted by Gasteiger charge is 2.12. The highest BCUT2D eigenvalue weighted by Crippen LogP contribution is 2.19. The molecule has 0 atom stereocenters. The predicted molar refractivity (Wildman–Crippen MR) is 66.5 cm³/mol. The fourth-order valence-corrected chi connectivity index (χ4v) is 1.94. The van der Waals surface area contributed by atoms with Gasteiger partial charge in [0.15, 0.2) is 10.8 Å². The van der Waals surface area contributed by atoms with Crippen molar-refractivity contribution in [1.82, 2.24) is 19.3 Å². The van der Waals surface area contributed by atoms with Crippen LogP contribution in [0.4, 0.5) is 5.95 Å². The SMILES string of the molecule is O=C(Nc1nsc2ncnc-2n1)c1ccccc1. The zero-order valence-electron chi connectivity index (χ0n) is 9.07. The number of carbonyl (C=O) groups is 1. The Morgan fingerprint density at radius 2 is 2.00 bits per heavy atom. The van der Waals surface area contributed by atoms with Crippen molar-refractivity contribution in [2.24, 2.45) is 0 Å². The molecule has 0 saturated carbocycles. The van der Waals surface area contributed by atoms with Crippen molar-refractivity contribution in [2.45, 2.75) is 0 Å². The molecular formula is C11H7N5OS. The van der Waals surface area contributed by atoms with Crippen LogP contribution < -0.4 is 5.32 Å². The minimum Gasteiger partial charge on any atom is -0.290 e. The lowest BCUT2D eigenvalue weighted by Gasteiger charge is -2.03. The molecule has 18 heavy (non-hydrogen) atoms. The Morgan fingerprint density at radius 3 is 2.83 bits per heavy atom. The summed E-state index contributed by atoms with van der Waals surface area (Å²) in [5, 5.41) is 3.27. The van der Waals surface area contributed by atoms with Gasteiger partial charge in [-0.1, -0.05) is 18.2 Å². The van der Waals surface area contributed by atoms with Gasteiger partial charge in [0.1, 0.15) is 6.33 Å². The maximum atomic E-state index is 11.9. The molecule has 2 aliphatic rings. The number of fused-ring (bicyclic) bond motifs is 1. The average Bonchev–Trinajstić information content (AvgIpc) is 2.87. The number of amides is 1. The zero-order valence-corrected chi connectivity index (χ0v) is 9.89. The Balaban J connectivity index is 1.85. The first-order chi connectivity index (χ1) is 8.83. The molecule has 0 unspecified atom stereocenters. The van der Waals surface area contributed by atoms with Gasteiger partial charge in [0, 0.05) is 5.56 Å². The quantitative estimate of drug-likeness (QED) is 0.755. The largest absolute Gasteiger partial charge is 0.290 e. The molecule has 0 saturated heterocycles. The minimum absolute atomic E-state index is 0.238. The van der Waals surface area contributed by atoms with Gasteiger partial charge in [-0.3, -0.25) is 10.1 Å². The van der Waals surface area contributed by atoms with Crippen LogP contribution >= 0.6 is 11.5 Å². The van der Waals surface area contributed by atoms with Gasteiger partial charge in [-0.25, -0.2) is 9.97 Å². The van der Waals surface area contributed by atoms with Crippen LogP contribution in [0.1, 0.15) is 10.4 Å². The third-order valence-electron chi connectivity index (χ3n) is 2.24. The minimum atomic E-state index is -0.248. The number of anilines is 1. The Morgan fingerprint density at radius 1 is 1.17 bits per heavy atom. The van der Waals surface area contributed by atoms with Crippen molar-refractivity contribution in [2.75, 3.05) is 5.32 Å². The van der Waals surface area contributed by atoms with E-state index < -0.39 is 0 Å². The number of hydrogen-bond donors (Lipinski definition) is 1. The van der Waals surface area contributed by atoms with Crippen molar-refractivity contribution in [3.05, 3.63) is 42.2 Å². The standard InChI is InChI=1S/C11H7N5OS/c17-9(7-4-2-1-3-5-7)15-11-14-8-10(18-16-11)13-6-12-8/h1-6H,(H,15,16,17). The van der Waals surface area contributed by atoms with Gasteiger partial charge in [-0.2, -0.15) is 9.36 Å². The van der Waals surface area contributed by atoms with Gasteiger partial charge in [-0.15, -0.1) is 0 Å². The highest BCUT2D eigenvalue weighted by atomic mass is 32.1. The fraction of sp³-hybridized carbons (Fsp3) is 0. The van der Waals surface area contributed by atoms with Gasteiger partial charge in [-0.05, 0) is 23.7 Å². The van der Waals surface area contributed by atoms with Crippen LogP contribution in [-0.4, -0.2) is 25.2 Å². The van der Waals surface area contributed by atoms with Crippen molar-refractivity contribution in [3.8, 4) is 10.8 Å². The topological polar surface area (TPSA) is 80.7 Å². The van der Waals surface area contributed by atoms with Crippen LogP contribution in [0.25, 0.3) is 10.8 Å². The second kappa shape index (κ2) is 4.46. The van der Waals surface area contributed by atoms with E-state index >= 15 is 0 Å². The summed E-state index contributed by atoms with van der Waals surface area (Å²) in [6.07, 6.45) is 1.42. The van der Waals surface area contributed by atoms with Crippen molar-refractivity contribution in [3.63, 3.8) is 0 Å². The molecule has 2 heterocycles. The van der Waals surface area contributed by atoms with Crippen LogP contribution in [0.5, 0.6) is 0 Å². The normalized spacial score (nSPS) is 10.4. The van der Waals surface area contributed by atoms with Crippen molar-refractivity contribution < 1.29 is 4.79 Å². The molecule has 0 spiro atoms. The number of carbonyl (C=O) groups excluding carboxylic acids is 1. The molecule has 1 N–H and O–H groups in total. The summed E-state index contributed by atoms with van der Waals surface area (Å²) in [5.74, 6) is 0.474. The molecule has 0 aromatic heterocycles. The summed E-state index contributed by atoms with van der Waals surface area (Å²) in [4.78, 5) is 23.9. The zero-order chi connectivity index (χ0) is 12.4. The first-order valence-corrected chi connectivity index (χ1v) is 5.91. The fourth-order valence-electron chi connectivity index (χ4n) is 1.41. The second-order valence-corrected chi connectivity index (χ2v) is 4.19. The molecule has 6 nitrogen and oxygen atoms in total. The van der Waals surface area contributed by atoms with E-state index in [1.54, 1.807) is 24.3 Å². The molecule has 3 rings (SSSR count). The van der Waals surface area contributed by atoms with E-state index in [-0.39, 0.29) is 11.9 Å². The molecule has 7 heteroatoms. The lowest BCUT2D eigenvalue weighted by atomic mass is 10.2. The van der Waals surface area contributed by atoms with E-state index in [1.807, 2.05) is 6.07 Å². The Bertz CT molecular complexity index is 654. The second-order valence-electron chi connectivity index (χ2n) is 3.44. The Labute approximate surface area is 106 Å². The Kier molecular flexibility index (Phi) is 2.66. The molecule has 1 aromatic rings. The van der Waals surface area contributed by atoms with Gasteiger partial charge in [0.2, 0.25) is 5.95 Å². The van der Waals surface area contributed by atoms with Crippen LogP contribution in [-0.2, 0) is 0 Å². The molecular weight excluding hydrogens is 250 g/mol. The third kappa shape index (κ3) is 2.03. The Hall–Kier alpha value is -2.41. The first-order valence-electron chi connectivity index (χ1n) is 5.14. The van der Waals surface area contributed by atoms with Gasteiger partial charge < -0.3 is 0 Å². The van der Waals surface area contributed by atoms with Crippen LogP contribution in [0, 0.1) is 0 Å². The summed E-state index contributed by atoms with van der Waals surface area (Å²) in [6.45, 7) is 0. The van der Waals surface area contributed by atoms with E-state index in [2.05, 4.69) is 24.6 Å². The number of nitrogens with zero attached hydrogens (tertiary/aromatic N) is 4. The maximum Gasteiger partial charge on any atom is 0.258 e. The first kappa shape index (κ1) is 10.7. The van der Waals surface area contributed by atoms with Gasteiger partial charge in [0.25, 0.3) is 5.91 Å². The average molecular weight is 257 g/mol. The van der Waals surface area contributed by atoms with Gasteiger partial charge in [0.05, 0.1) is 0 Å². The molecule has 88 valence electrons. The monoisotopic (exact) mass is 257 g/mol. The smallest absolute Gasteiger partial charge is 0.258 e. The molecule has 2 aliphatic heterocycles. The van der Waals surface area contributed by atoms with E-state index in [9.17, 15) is 4.79 Å². The number of hydrogen-bond acceptors (Lipinski definition) is 6. The van der Waals surface area contributed by atoms with E-state index in [1.165, 1.54) is 6.33 Å². The summed E-state index contributed by atoms with van der Waals surface area (Å²) >= 11 is 1.15. The number of nitrogens with one attached hydrogen (secondary N) is 1. The summed E-state index contributed by atoms with van der Waals surface area (Å²) < 4.78 is 4.04. The maximum absolute atomic E-state index is 11.9. The lowest BCUT2D eigenvalue weighted by molar-refractivity contribution is 0.102. The predicted octanol–water partition coefficient (Wildman–Crippen LogP) is 1.69. The molecule has 0 fully saturated rings. The van der Waals surface area contributed by atoms with Crippen molar-refractivity contribution in [1.29, 1.82) is 0 Å². The summed E-state index contributed by atoms with van der Waals surface area (Å²) in [7, 11) is 0. The van der Waals surface area contributed by atoms with Crippen LogP contribution in [0.15, 0.2) is 36.7 Å². The molecule has 0 bridgehead atoms. The van der Waals surface area contributed by atoms with Crippen LogP contribution in [0.2, 0.25) is 0 Å². The molecule has 0 radical (unpaired) electrons. The summed E-state index contributed by atoms with van der Waals surface area (Å²) in [5.41, 5.74) is 0.555. The molecule has 1 aromatic carbocycles. The highest BCUT2D eigenvalue weighted by molar-refractivity contribution is 7.09. The van der Waals surface area contributed by atoms with E-state index in [4.69, 9.17) is 0 Å². The lowest BCUT2D eigenvalue weighted by Crippen LogP contribution is -2.13. The number of benzene rings is 1.